The summed E-state index contributed by atoms with van der Waals surface area (Å²) in [6.07, 6.45) is 6.85. The van der Waals surface area contributed by atoms with E-state index in [-0.39, 0.29) is 0 Å². The summed E-state index contributed by atoms with van der Waals surface area (Å²) in [7, 11) is 3.91. The Morgan fingerprint density at radius 1 is 1.08 bits per heavy atom. The van der Waals surface area contributed by atoms with Crippen LogP contribution >= 0.6 is 0 Å². The first-order valence-corrected chi connectivity index (χ1v) is 9.70. The van der Waals surface area contributed by atoms with Gasteiger partial charge in [-0.3, -0.25) is 5.32 Å². The van der Waals surface area contributed by atoms with Gasteiger partial charge in [0.2, 0.25) is 0 Å². The molecule has 0 saturated carbocycles. The van der Waals surface area contributed by atoms with E-state index in [1.54, 1.807) is 0 Å². The zero-order valence-corrected chi connectivity index (χ0v) is 17.1. The highest BCUT2D eigenvalue weighted by molar-refractivity contribution is 5.86. The summed E-state index contributed by atoms with van der Waals surface area (Å²) in [5, 5.41) is 2.80. The molecule has 0 heterocycles. The molecule has 0 bridgehead atoms. The molecule has 0 radical (unpaired) electrons. The molecule has 1 aromatic carbocycles. The highest BCUT2D eigenvalue weighted by atomic mass is 16.6. The van der Waals surface area contributed by atoms with E-state index in [0.29, 0.717) is 24.6 Å². The summed E-state index contributed by atoms with van der Waals surface area (Å²) in [5.41, 5.74) is 0.0751. The maximum Gasteiger partial charge on any atom is 0.412 e. The van der Waals surface area contributed by atoms with Crippen molar-refractivity contribution in [1.29, 1.82) is 0 Å². The van der Waals surface area contributed by atoms with Gasteiger partial charge in [-0.25, -0.2) is 4.79 Å². The first-order valence-electron chi connectivity index (χ1n) is 9.70. The minimum absolute atomic E-state index is 0.465. The first kappa shape index (κ1) is 22.3. The molecule has 1 rings (SSSR count). The van der Waals surface area contributed by atoms with Gasteiger partial charge in [0.05, 0.1) is 12.3 Å². The van der Waals surface area contributed by atoms with Crippen molar-refractivity contribution >= 4 is 11.8 Å². The lowest BCUT2D eigenvalue weighted by atomic mass is 10.1. The van der Waals surface area contributed by atoms with E-state index >= 15 is 0 Å². The molecule has 0 spiro atoms. The van der Waals surface area contributed by atoms with Crippen molar-refractivity contribution < 1.29 is 14.3 Å². The summed E-state index contributed by atoms with van der Waals surface area (Å²) in [5.74, 6) is 0.684. The number of unbranched alkanes of at least 4 members (excludes halogenated alkanes) is 5. The van der Waals surface area contributed by atoms with Crippen molar-refractivity contribution in [3.63, 3.8) is 0 Å². The Labute approximate surface area is 159 Å². The van der Waals surface area contributed by atoms with Gasteiger partial charge in [-0.05, 0) is 46.5 Å². The van der Waals surface area contributed by atoms with Gasteiger partial charge < -0.3 is 14.4 Å². The number of likely N-dealkylation sites (N-methyl/N-ethyl adjacent to an activating group) is 1. The van der Waals surface area contributed by atoms with E-state index in [4.69, 9.17) is 9.47 Å². The summed E-state index contributed by atoms with van der Waals surface area (Å²) in [4.78, 5) is 14.2. The average Bonchev–Trinajstić information content (AvgIpc) is 2.53. The van der Waals surface area contributed by atoms with Gasteiger partial charge in [0.1, 0.15) is 11.4 Å². The maximum atomic E-state index is 12.2. The van der Waals surface area contributed by atoms with Gasteiger partial charge in [-0.15, -0.1) is 0 Å². The number of ether oxygens (including phenoxy) is 2. The van der Waals surface area contributed by atoms with Gasteiger partial charge in [0.25, 0.3) is 0 Å². The third kappa shape index (κ3) is 9.66. The lowest BCUT2D eigenvalue weighted by molar-refractivity contribution is 0.0295. The van der Waals surface area contributed by atoms with Gasteiger partial charge in [0.15, 0.2) is 0 Å². The molecule has 1 aromatic rings. The van der Waals surface area contributed by atoms with Crippen molar-refractivity contribution in [1.82, 2.24) is 4.90 Å². The molecule has 0 aliphatic carbocycles. The quantitative estimate of drug-likeness (QED) is 0.510. The standard InChI is InChI=1S/C21H36N2O3/c1-6-7-8-9-10-13-16-25-19-15-12-11-14-18(19)22-20(24)26-21(2,3)17-23(4)5/h11-12,14-15H,6-10,13,16-17H2,1-5H3,(H,22,24). The lowest BCUT2D eigenvalue weighted by Crippen LogP contribution is -2.40. The Hall–Kier alpha value is -1.75. The normalized spacial score (nSPS) is 11.5. The van der Waals surface area contributed by atoms with Crippen LogP contribution in [-0.4, -0.2) is 43.8 Å². The van der Waals surface area contributed by atoms with Crippen LogP contribution in [-0.2, 0) is 4.74 Å². The largest absolute Gasteiger partial charge is 0.491 e. The molecule has 0 aliphatic rings. The van der Waals surface area contributed by atoms with E-state index in [0.717, 1.165) is 6.42 Å². The molecule has 1 N–H and O–H groups in total. The zero-order chi connectivity index (χ0) is 19.4. The number of carbonyl (C=O) groups is 1. The molecular weight excluding hydrogens is 328 g/mol. The second kappa shape index (κ2) is 11.8. The summed E-state index contributed by atoms with van der Waals surface area (Å²) < 4.78 is 11.4. The molecule has 0 saturated heterocycles. The van der Waals surface area contributed by atoms with Gasteiger partial charge in [0, 0.05) is 6.54 Å². The van der Waals surface area contributed by atoms with E-state index in [1.807, 2.05) is 57.1 Å². The number of nitrogens with zero attached hydrogens (tertiary/aromatic N) is 1. The monoisotopic (exact) mass is 364 g/mol. The molecule has 5 heteroatoms. The van der Waals surface area contributed by atoms with E-state index in [1.165, 1.54) is 32.1 Å². The van der Waals surface area contributed by atoms with E-state index in [2.05, 4.69) is 12.2 Å². The number of anilines is 1. The fourth-order valence-electron chi connectivity index (χ4n) is 2.94. The summed E-state index contributed by atoms with van der Waals surface area (Å²) in [6, 6.07) is 7.48. The zero-order valence-electron chi connectivity index (χ0n) is 17.1. The SMILES string of the molecule is CCCCCCCCOc1ccccc1NC(=O)OC(C)(C)CN(C)C. The van der Waals surface area contributed by atoms with Crippen LogP contribution in [0, 0.1) is 0 Å². The second-order valence-corrected chi connectivity index (χ2v) is 7.62. The molecule has 0 unspecified atom stereocenters. The number of hydrogen-bond acceptors (Lipinski definition) is 4. The van der Waals surface area contributed by atoms with Crippen LogP contribution in [0.5, 0.6) is 5.75 Å². The summed E-state index contributed by atoms with van der Waals surface area (Å²) >= 11 is 0. The minimum atomic E-state index is -0.568. The molecule has 1 amide bonds. The molecule has 0 fully saturated rings. The van der Waals surface area contributed by atoms with E-state index < -0.39 is 11.7 Å². The number of nitrogens with one attached hydrogen (secondary N) is 1. The Morgan fingerprint density at radius 3 is 2.42 bits per heavy atom. The number of carbonyl (C=O) groups excluding carboxylic acids is 1. The van der Waals surface area contributed by atoms with Crippen molar-refractivity contribution in [2.24, 2.45) is 0 Å². The first-order chi connectivity index (χ1) is 12.3. The van der Waals surface area contributed by atoms with Gasteiger partial charge >= 0.3 is 6.09 Å². The van der Waals surface area contributed by atoms with E-state index in [9.17, 15) is 4.79 Å². The number of para-hydroxylation sites is 2. The molecule has 26 heavy (non-hydrogen) atoms. The highest BCUT2D eigenvalue weighted by Gasteiger charge is 2.24. The third-order valence-electron chi connectivity index (χ3n) is 3.95. The lowest BCUT2D eigenvalue weighted by Gasteiger charge is -2.28. The summed E-state index contributed by atoms with van der Waals surface area (Å²) in [6.45, 7) is 7.32. The minimum Gasteiger partial charge on any atom is -0.491 e. The molecule has 0 aliphatic heterocycles. The van der Waals surface area contributed by atoms with Crippen LogP contribution in [0.25, 0.3) is 0 Å². The predicted molar refractivity (Wildman–Crippen MR) is 108 cm³/mol. The number of benzene rings is 1. The molecule has 5 nitrogen and oxygen atoms in total. The van der Waals surface area contributed by atoms with Gasteiger partial charge in [-0.2, -0.15) is 0 Å². The molecule has 0 atom stereocenters. The smallest absolute Gasteiger partial charge is 0.412 e. The third-order valence-corrected chi connectivity index (χ3v) is 3.95. The predicted octanol–water partition coefficient (Wildman–Crippen LogP) is 5.31. The highest BCUT2D eigenvalue weighted by Crippen LogP contribution is 2.25. The Morgan fingerprint density at radius 2 is 1.73 bits per heavy atom. The average molecular weight is 365 g/mol. The Balaban J connectivity index is 2.46. The Bertz CT molecular complexity index is 530. The van der Waals surface area contributed by atoms with Crippen molar-refractivity contribution in [3.8, 4) is 5.75 Å². The van der Waals surface area contributed by atoms with Crippen molar-refractivity contribution in [2.75, 3.05) is 32.6 Å². The van der Waals surface area contributed by atoms with Crippen LogP contribution in [0.2, 0.25) is 0 Å². The molecule has 0 aromatic heterocycles. The fraction of sp³-hybridized carbons (Fsp3) is 0.667. The fourth-order valence-corrected chi connectivity index (χ4v) is 2.94. The number of rotatable bonds is 12. The Kier molecular flexibility index (Phi) is 10.1. The number of amides is 1. The molecule has 148 valence electrons. The van der Waals surface area contributed by atoms with Crippen molar-refractivity contribution in [2.45, 2.75) is 64.9 Å². The van der Waals surface area contributed by atoms with Crippen LogP contribution in [0.1, 0.15) is 59.3 Å². The van der Waals surface area contributed by atoms with Crippen LogP contribution in [0.3, 0.4) is 0 Å². The number of hydrogen-bond donors (Lipinski definition) is 1. The van der Waals surface area contributed by atoms with Crippen LogP contribution in [0.15, 0.2) is 24.3 Å². The van der Waals surface area contributed by atoms with Crippen LogP contribution in [0.4, 0.5) is 10.5 Å². The van der Waals surface area contributed by atoms with Crippen molar-refractivity contribution in [3.05, 3.63) is 24.3 Å². The van der Waals surface area contributed by atoms with Crippen LogP contribution < -0.4 is 10.1 Å². The molecular formula is C21H36N2O3. The maximum absolute atomic E-state index is 12.2. The topological polar surface area (TPSA) is 50.8 Å². The van der Waals surface area contributed by atoms with Gasteiger partial charge in [-0.1, -0.05) is 51.2 Å². The second-order valence-electron chi connectivity index (χ2n) is 7.62.